The number of carbonyl (C=O) groups excluding carboxylic acids is 2. The Balaban J connectivity index is 0. The number of phosphoric acid groups is 1. The number of rotatable bonds is 39. The molecule has 0 rings (SSSR count). The van der Waals surface area contributed by atoms with Gasteiger partial charge in [-0.1, -0.05) is 167 Å². The van der Waals surface area contributed by atoms with Crippen LogP contribution in [0.4, 0.5) is 0 Å². The Labute approximate surface area is 338 Å². The van der Waals surface area contributed by atoms with Crippen LogP contribution in [-0.4, -0.2) is 84.5 Å². The van der Waals surface area contributed by atoms with Crippen LogP contribution in [0.5, 0.6) is 0 Å². The van der Waals surface area contributed by atoms with Gasteiger partial charge in [0.15, 0.2) is 11.9 Å². The highest BCUT2D eigenvalue weighted by atomic mass is 31.2. The van der Waals surface area contributed by atoms with Crippen molar-refractivity contribution in [2.75, 3.05) is 40.9 Å². The second-order valence-electron chi connectivity index (χ2n) is 16.5. The Morgan fingerprint density at radius 2 is 1.00 bits per heavy atom. The average Bonchev–Trinajstić information content (AvgIpc) is 3.12. The third kappa shape index (κ3) is 45.4. The van der Waals surface area contributed by atoms with Crippen molar-refractivity contribution in [3.63, 3.8) is 0 Å². The van der Waals surface area contributed by atoms with E-state index >= 15 is 0 Å². The summed E-state index contributed by atoms with van der Waals surface area (Å²) in [6.07, 6.45) is 36.9. The predicted octanol–water partition coefficient (Wildman–Crippen LogP) is 10.3. The van der Waals surface area contributed by atoms with Gasteiger partial charge in [0.1, 0.15) is 19.3 Å². The topological polar surface area (TPSA) is 153 Å². The molecule has 0 aromatic carbocycles. The molecule has 0 bridgehead atoms. The molecule has 0 spiro atoms. The summed E-state index contributed by atoms with van der Waals surface area (Å²) < 4.78 is 20.2. The van der Waals surface area contributed by atoms with Gasteiger partial charge >= 0.3 is 5.97 Å². The predicted molar refractivity (Wildman–Crippen MR) is 226 cm³/mol. The summed E-state index contributed by atoms with van der Waals surface area (Å²) in [5.41, 5.74) is 0. The molecular formula is C44H88NO9P. The summed E-state index contributed by atoms with van der Waals surface area (Å²) in [7, 11) is 1.19. The number of hydrogen-bond acceptors (Lipinski definition) is 8. The standard InChI is InChI=1S/C39H74O5.C5H14NO4P/c1-3-5-7-9-11-13-15-17-19-21-23-25-27-29-31-33-36(41)39(37(42)35-40)44-38(43)34-32-30-28-26-24-22-20-18-16-14-12-10-8-6-4-2;1-6(2,3)4-5-10-11(7,8)9/h17,19,37,39-40,42H,3-16,18,20-35H2,1-2H3;4-5H2,1-3H3,(H-,7,8,9)/b19-17-;/t37-,39+;/m0./s1. The van der Waals surface area contributed by atoms with Gasteiger partial charge < -0.3 is 33.7 Å². The number of phosphoric ester groups is 1. The van der Waals surface area contributed by atoms with Crippen LogP contribution >= 0.6 is 7.82 Å². The van der Waals surface area contributed by atoms with Crippen LogP contribution in [0, 0.1) is 0 Å². The molecule has 55 heavy (non-hydrogen) atoms. The molecule has 0 amide bonds. The molecule has 328 valence electrons. The van der Waals surface area contributed by atoms with Crippen molar-refractivity contribution in [2.24, 2.45) is 0 Å². The van der Waals surface area contributed by atoms with Crippen LogP contribution in [0.3, 0.4) is 0 Å². The highest BCUT2D eigenvalue weighted by Crippen LogP contribution is 2.29. The molecule has 0 saturated carbocycles. The number of allylic oxidation sites excluding steroid dienone is 2. The van der Waals surface area contributed by atoms with Crippen LogP contribution in [0.1, 0.15) is 206 Å². The third-order valence-electron chi connectivity index (χ3n) is 9.80. The fourth-order valence-electron chi connectivity index (χ4n) is 6.24. The van der Waals surface area contributed by atoms with Gasteiger partial charge in [-0.05, 0) is 38.5 Å². The highest BCUT2D eigenvalue weighted by molar-refractivity contribution is 7.44. The maximum absolute atomic E-state index is 12.7. The normalized spacial score (nSPS) is 14.0. The molecule has 0 saturated heterocycles. The smallest absolute Gasteiger partial charge is 0.306 e. The number of nitrogens with zero attached hydrogens (tertiary/aromatic N) is 1. The van der Waals surface area contributed by atoms with Gasteiger partial charge in [0.05, 0.1) is 27.7 Å². The number of ketones is 1. The van der Waals surface area contributed by atoms with Crippen molar-refractivity contribution in [2.45, 2.75) is 219 Å². The minimum absolute atomic E-state index is 0.0147. The number of hydrogen-bond donors (Lipinski definition) is 3. The molecule has 0 aromatic rings. The summed E-state index contributed by atoms with van der Waals surface area (Å²) in [4.78, 5) is 43.3. The Bertz CT molecular complexity index is 935. The monoisotopic (exact) mass is 806 g/mol. The van der Waals surface area contributed by atoms with Gasteiger partial charge in [0.2, 0.25) is 0 Å². The van der Waals surface area contributed by atoms with E-state index in [1.165, 1.54) is 128 Å². The van der Waals surface area contributed by atoms with Crippen molar-refractivity contribution < 1.29 is 47.9 Å². The van der Waals surface area contributed by atoms with Crippen molar-refractivity contribution in [1.29, 1.82) is 0 Å². The lowest BCUT2D eigenvalue weighted by Gasteiger charge is -2.25. The van der Waals surface area contributed by atoms with Crippen LogP contribution < -0.4 is 4.89 Å². The van der Waals surface area contributed by atoms with Crippen molar-refractivity contribution in [1.82, 2.24) is 0 Å². The number of aliphatic hydroxyl groups excluding tert-OH is 2. The molecule has 0 aliphatic rings. The van der Waals surface area contributed by atoms with Gasteiger partial charge in [-0.15, -0.1) is 0 Å². The van der Waals surface area contributed by atoms with Crippen LogP contribution in [0.25, 0.3) is 0 Å². The lowest BCUT2D eigenvalue weighted by Crippen LogP contribution is -2.40. The first-order valence-corrected chi connectivity index (χ1v) is 23.9. The fraction of sp³-hybridized carbons (Fsp3) is 0.909. The summed E-state index contributed by atoms with van der Waals surface area (Å²) in [6.45, 7) is 4.48. The van der Waals surface area contributed by atoms with E-state index in [2.05, 4.69) is 30.5 Å². The van der Waals surface area contributed by atoms with Crippen LogP contribution in [0.2, 0.25) is 0 Å². The van der Waals surface area contributed by atoms with Gasteiger partial charge in [-0.2, -0.15) is 0 Å². The number of unbranched alkanes of at least 4 members (excludes halogenated alkanes) is 25. The molecule has 0 aliphatic carbocycles. The quantitative estimate of drug-likeness (QED) is 0.0181. The molecule has 3 N–H and O–H groups in total. The second-order valence-corrected chi connectivity index (χ2v) is 17.7. The first-order chi connectivity index (χ1) is 26.3. The fourth-order valence-corrected chi connectivity index (χ4v) is 6.55. The first kappa shape index (κ1) is 56.0. The summed E-state index contributed by atoms with van der Waals surface area (Å²) in [5.74, 6) is -0.732. The van der Waals surface area contributed by atoms with E-state index in [4.69, 9.17) is 9.63 Å². The Kier molecular flexibility index (Phi) is 40.4. The zero-order chi connectivity index (χ0) is 41.5. The number of Topliss-reactive ketones (excluding diaryl/α,β-unsaturated/α-hetero) is 1. The van der Waals surface area contributed by atoms with Gasteiger partial charge in [-0.3, -0.25) is 14.2 Å². The first-order valence-electron chi connectivity index (χ1n) is 22.4. The molecule has 0 fully saturated rings. The minimum Gasteiger partial charge on any atom is -0.756 e. The summed E-state index contributed by atoms with van der Waals surface area (Å²) in [6, 6.07) is 0. The number of likely N-dealkylation sites (N-methyl/N-ethyl adjacent to an activating group) is 1. The molecule has 3 atom stereocenters. The molecular weight excluding hydrogens is 717 g/mol. The Hall–Kier alpha value is -1.13. The van der Waals surface area contributed by atoms with Crippen LogP contribution in [-0.2, 0) is 23.4 Å². The van der Waals surface area contributed by atoms with E-state index < -0.39 is 32.6 Å². The lowest BCUT2D eigenvalue weighted by molar-refractivity contribution is -0.870. The molecule has 0 aliphatic heterocycles. The van der Waals surface area contributed by atoms with E-state index in [1.54, 1.807) is 0 Å². The zero-order valence-electron chi connectivity index (χ0n) is 36.3. The van der Waals surface area contributed by atoms with Crippen molar-refractivity contribution >= 4 is 19.6 Å². The molecule has 11 heteroatoms. The largest absolute Gasteiger partial charge is 0.756 e. The van der Waals surface area contributed by atoms with Crippen molar-refractivity contribution in [3.05, 3.63) is 12.2 Å². The van der Waals surface area contributed by atoms with Gasteiger partial charge in [0.25, 0.3) is 7.82 Å². The van der Waals surface area contributed by atoms with Gasteiger partial charge in [-0.25, -0.2) is 0 Å². The van der Waals surface area contributed by atoms with E-state index in [-0.39, 0.29) is 25.2 Å². The van der Waals surface area contributed by atoms with E-state index in [9.17, 15) is 29.3 Å². The molecule has 0 aromatic heterocycles. The van der Waals surface area contributed by atoms with Gasteiger partial charge in [0, 0.05) is 12.8 Å². The lowest BCUT2D eigenvalue weighted by atomic mass is 10.0. The summed E-state index contributed by atoms with van der Waals surface area (Å²) >= 11 is 0. The number of ether oxygens (including phenoxy) is 1. The molecule has 0 radical (unpaired) electrons. The number of carbonyl (C=O) groups is 2. The van der Waals surface area contributed by atoms with E-state index in [0.29, 0.717) is 11.0 Å². The maximum atomic E-state index is 12.7. The zero-order valence-corrected chi connectivity index (χ0v) is 37.2. The average molecular weight is 806 g/mol. The summed E-state index contributed by atoms with van der Waals surface area (Å²) in [5, 5.41) is 19.5. The van der Waals surface area contributed by atoms with E-state index in [1.807, 2.05) is 21.1 Å². The number of quaternary nitrogens is 1. The Morgan fingerprint density at radius 1 is 0.636 bits per heavy atom. The molecule has 1 unspecified atom stereocenters. The SMILES string of the molecule is CCCCCCCC/C=C\CCCCCCCC(=O)[C@@H](OC(=O)CCCCCCCCCCCCCCCCC)[C@@H](O)CO.C[N+](C)(C)CCOP(=O)([O-])O. The van der Waals surface area contributed by atoms with E-state index in [0.717, 1.165) is 51.4 Å². The number of esters is 1. The molecule has 10 nitrogen and oxygen atoms in total. The molecule has 0 heterocycles. The van der Waals surface area contributed by atoms with Crippen LogP contribution in [0.15, 0.2) is 12.2 Å². The minimum atomic E-state index is -4.51. The number of aliphatic hydroxyl groups is 2. The maximum Gasteiger partial charge on any atom is 0.306 e. The van der Waals surface area contributed by atoms with Crippen molar-refractivity contribution in [3.8, 4) is 0 Å². The third-order valence-corrected chi connectivity index (χ3v) is 10.3. The second kappa shape index (κ2) is 39.7. The highest BCUT2D eigenvalue weighted by Gasteiger charge is 2.29. The Morgan fingerprint density at radius 3 is 1.36 bits per heavy atom.